The minimum Gasteiger partial charge on any atom is -0.394 e. The van der Waals surface area contributed by atoms with Crippen molar-refractivity contribution in [1.82, 2.24) is 10.2 Å². The minimum absolute atomic E-state index is 0.141. The molecule has 1 unspecified atom stereocenters. The van der Waals surface area contributed by atoms with E-state index >= 15 is 0 Å². The van der Waals surface area contributed by atoms with Crippen molar-refractivity contribution < 1.29 is 5.11 Å². The zero-order valence-electron chi connectivity index (χ0n) is 12.7. The molecule has 0 aromatic heterocycles. The summed E-state index contributed by atoms with van der Waals surface area (Å²) in [4.78, 5) is 2.50. The normalized spacial score (nSPS) is 19.5. The van der Waals surface area contributed by atoms with Gasteiger partial charge >= 0.3 is 0 Å². The Labute approximate surface area is 113 Å². The van der Waals surface area contributed by atoms with Gasteiger partial charge in [0.2, 0.25) is 0 Å². The summed E-state index contributed by atoms with van der Waals surface area (Å²) in [5.74, 6) is 0. The highest BCUT2D eigenvalue weighted by Crippen LogP contribution is 2.23. The third-order valence-electron chi connectivity index (χ3n) is 3.81. The summed E-state index contributed by atoms with van der Waals surface area (Å²) < 4.78 is 0. The number of rotatable bonds is 10. The predicted molar refractivity (Wildman–Crippen MR) is 77.9 cm³/mol. The fraction of sp³-hybridized carbons (Fsp3) is 1.00. The molecule has 0 aromatic rings. The van der Waals surface area contributed by atoms with Gasteiger partial charge in [0.15, 0.2) is 0 Å². The average Bonchev–Trinajstić information content (AvgIpc) is 3.11. The quantitative estimate of drug-likeness (QED) is 0.589. The van der Waals surface area contributed by atoms with Crippen LogP contribution in [0.25, 0.3) is 0 Å². The van der Waals surface area contributed by atoms with Gasteiger partial charge in [0.1, 0.15) is 0 Å². The average molecular weight is 256 g/mol. The van der Waals surface area contributed by atoms with Crippen molar-refractivity contribution in [3.05, 3.63) is 0 Å². The molecule has 1 saturated carbocycles. The number of hydrogen-bond donors (Lipinski definition) is 2. The number of aliphatic hydroxyl groups is 1. The van der Waals surface area contributed by atoms with Crippen LogP contribution in [-0.2, 0) is 0 Å². The first-order chi connectivity index (χ1) is 8.50. The van der Waals surface area contributed by atoms with Gasteiger partial charge in [0.25, 0.3) is 0 Å². The maximum atomic E-state index is 9.68. The third kappa shape index (κ3) is 5.68. The lowest BCUT2D eigenvalue weighted by Gasteiger charge is -2.37. The Kier molecular flexibility index (Phi) is 6.61. The van der Waals surface area contributed by atoms with Gasteiger partial charge in [-0.3, -0.25) is 4.90 Å². The SMILES string of the molecule is CCCCCN(CC(C)(CO)NC1CC1)C(C)C. The maximum Gasteiger partial charge on any atom is 0.0623 e. The monoisotopic (exact) mass is 256 g/mol. The van der Waals surface area contributed by atoms with Gasteiger partial charge in [-0.05, 0) is 46.6 Å². The molecule has 1 rings (SSSR count). The Bertz CT molecular complexity index is 229. The van der Waals surface area contributed by atoms with Crippen LogP contribution in [0.1, 0.15) is 59.8 Å². The lowest BCUT2D eigenvalue weighted by atomic mass is 10.0. The molecule has 3 nitrogen and oxygen atoms in total. The largest absolute Gasteiger partial charge is 0.394 e. The lowest BCUT2D eigenvalue weighted by molar-refractivity contribution is 0.100. The summed E-state index contributed by atoms with van der Waals surface area (Å²) in [6.45, 7) is 11.2. The van der Waals surface area contributed by atoms with Crippen LogP contribution in [0.3, 0.4) is 0 Å². The number of nitrogens with one attached hydrogen (secondary N) is 1. The molecule has 0 heterocycles. The molecule has 0 aliphatic heterocycles. The molecule has 1 aliphatic rings. The van der Waals surface area contributed by atoms with E-state index in [-0.39, 0.29) is 12.1 Å². The Morgan fingerprint density at radius 3 is 2.44 bits per heavy atom. The summed E-state index contributed by atoms with van der Waals surface area (Å²) in [7, 11) is 0. The van der Waals surface area contributed by atoms with Crippen LogP contribution in [0.15, 0.2) is 0 Å². The van der Waals surface area contributed by atoms with E-state index in [1.807, 2.05) is 0 Å². The van der Waals surface area contributed by atoms with Crippen LogP contribution in [0.4, 0.5) is 0 Å². The molecule has 3 heteroatoms. The molecule has 1 aliphatic carbocycles. The first kappa shape index (κ1) is 15.9. The van der Waals surface area contributed by atoms with Gasteiger partial charge in [-0.15, -0.1) is 0 Å². The summed E-state index contributed by atoms with van der Waals surface area (Å²) in [5.41, 5.74) is -0.141. The molecule has 1 fully saturated rings. The van der Waals surface area contributed by atoms with Gasteiger partial charge in [-0.25, -0.2) is 0 Å². The lowest BCUT2D eigenvalue weighted by Crippen LogP contribution is -2.56. The molecule has 0 aromatic carbocycles. The first-order valence-electron chi connectivity index (χ1n) is 7.63. The van der Waals surface area contributed by atoms with E-state index < -0.39 is 0 Å². The van der Waals surface area contributed by atoms with E-state index in [1.54, 1.807) is 0 Å². The van der Waals surface area contributed by atoms with Crippen molar-refractivity contribution in [2.45, 2.75) is 77.4 Å². The first-order valence-corrected chi connectivity index (χ1v) is 7.63. The molecular weight excluding hydrogens is 224 g/mol. The summed E-state index contributed by atoms with van der Waals surface area (Å²) in [5, 5.41) is 13.3. The van der Waals surface area contributed by atoms with Crippen molar-refractivity contribution >= 4 is 0 Å². The maximum absolute atomic E-state index is 9.68. The van der Waals surface area contributed by atoms with Crippen molar-refractivity contribution in [2.75, 3.05) is 19.7 Å². The molecule has 0 saturated heterocycles. The Morgan fingerprint density at radius 1 is 1.33 bits per heavy atom. The van der Waals surface area contributed by atoms with Gasteiger partial charge < -0.3 is 10.4 Å². The predicted octanol–water partition coefficient (Wildman–Crippen LogP) is 2.39. The molecule has 0 spiro atoms. The van der Waals surface area contributed by atoms with Gasteiger partial charge in [0, 0.05) is 18.6 Å². The second kappa shape index (κ2) is 7.46. The molecule has 0 radical (unpaired) electrons. The van der Waals surface area contributed by atoms with E-state index in [2.05, 4.69) is 37.9 Å². The summed E-state index contributed by atoms with van der Waals surface area (Å²) >= 11 is 0. The standard InChI is InChI=1S/C15H32N2O/c1-5-6-7-10-17(13(2)3)11-15(4,12-18)16-14-8-9-14/h13-14,16,18H,5-12H2,1-4H3. The fourth-order valence-electron chi connectivity index (χ4n) is 2.39. The number of unbranched alkanes of at least 4 members (excludes halogenated alkanes) is 2. The van der Waals surface area contributed by atoms with Gasteiger partial charge in [-0.1, -0.05) is 19.8 Å². The second-order valence-corrected chi connectivity index (χ2v) is 6.41. The fourth-order valence-corrected chi connectivity index (χ4v) is 2.39. The molecule has 0 amide bonds. The second-order valence-electron chi connectivity index (χ2n) is 6.41. The Balaban J connectivity index is 2.44. The molecule has 0 bridgehead atoms. The highest BCUT2D eigenvalue weighted by Gasteiger charge is 2.33. The summed E-state index contributed by atoms with van der Waals surface area (Å²) in [6.07, 6.45) is 6.37. The minimum atomic E-state index is -0.141. The number of hydrogen-bond acceptors (Lipinski definition) is 3. The number of aliphatic hydroxyl groups excluding tert-OH is 1. The van der Waals surface area contributed by atoms with Crippen LogP contribution in [0.2, 0.25) is 0 Å². The molecule has 108 valence electrons. The number of nitrogens with zero attached hydrogens (tertiary/aromatic N) is 1. The highest BCUT2D eigenvalue weighted by atomic mass is 16.3. The molecular formula is C15H32N2O. The van der Waals surface area contributed by atoms with Crippen molar-refractivity contribution in [3.63, 3.8) is 0 Å². The summed E-state index contributed by atoms with van der Waals surface area (Å²) in [6, 6.07) is 1.19. The van der Waals surface area contributed by atoms with E-state index in [1.165, 1.54) is 32.1 Å². The third-order valence-corrected chi connectivity index (χ3v) is 3.81. The Hall–Kier alpha value is -0.120. The van der Waals surface area contributed by atoms with Crippen molar-refractivity contribution in [2.24, 2.45) is 0 Å². The molecule has 2 N–H and O–H groups in total. The van der Waals surface area contributed by atoms with E-state index in [9.17, 15) is 5.11 Å². The van der Waals surface area contributed by atoms with Crippen molar-refractivity contribution in [3.8, 4) is 0 Å². The highest BCUT2D eigenvalue weighted by molar-refractivity contribution is 4.94. The van der Waals surface area contributed by atoms with Gasteiger partial charge in [0.05, 0.1) is 12.1 Å². The molecule has 18 heavy (non-hydrogen) atoms. The van der Waals surface area contributed by atoms with Crippen LogP contribution in [0, 0.1) is 0 Å². The van der Waals surface area contributed by atoms with Crippen LogP contribution >= 0.6 is 0 Å². The van der Waals surface area contributed by atoms with Crippen LogP contribution < -0.4 is 5.32 Å². The zero-order valence-corrected chi connectivity index (χ0v) is 12.7. The van der Waals surface area contributed by atoms with Crippen molar-refractivity contribution in [1.29, 1.82) is 0 Å². The zero-order chi connectivity index (χ0) is 13.6. The van der Waals surface area contributed by atoms with Crippen LogP contribution in [0.5, 0.6) is 0 Å². The van der Waals surface area contributed by atoms with Gasteiger partial charge in [-0.2, -0.15) is 0 Å². The topological polar surface area (TPSA) is 35.5 Å². The van der Waals surface area contributed by atoms with E-state index in [0.717, 1.165) is 13.1 Å². The van der Waals surface area contributed by atoms with E-state index in [0.29, 0.717) is 12.1 Å². The van der Waals surface area contributed by atoms with E-state index in [4.69, 9.17) is 0 Å². The Morgan fingerprint density at radius 2 is 2.00 bits per heavy atom. The van der Waals surface area contributed by atoms with Crippen LogP contribution in [-0.4, -0.2) is 47.3 Å². The molecule has 1 atom stereocenters. The smallest absolute Gasteiger partial charge is 0.0623 e.